The molecule has 2 aliphatic carbocycles. The maximum absolute atomic E-state index is 6.31. The van der Waals surface area contributed by atoms with Crippen molar-refractivity contribution in [3.05, 3.63) is 0 Å². The fourth-order valence-electron chi connectivity index (χ4n) is 3.32. The molecule has 2 rings (SSSR count). The first-order chi connectivity index (χ1) is 6.37. The highest BCUT2D eigenvalue weighted by Gasteiger charge is 2.66. The second-order valence-electron chi connectivity index (χ2n) is 6.61. The third-order valence-corrected chi connectivity index (χ3v) is 5.17. The Bertz CT molecular complexity index is 211. The highest BCUT2D eigenvalue weighted by Crippen LogP contribution is 2.69. The molecular formula is C13H25N. The van der Waals surface area contributed by atoms with E-state index in [2.05, 4.69) is 27.7 Å². The molecule has 0 radical (unpaired) electrons. The Labute approximate surface area is 88.4 Å². The molecule has 2 aliphatic rings. The van der Waals surface area contributed by atoms with Gasteiger partial charge in [-0.15, -0.1) is 0 Å². The largest absolute Gasteiger partial charge is 0.327 e. The number of hydrogen-bond acceptors (Lipinski definition) is 1. The van der Waals surface area contributed by atoms with Gasteiger partial charge in [0.15, 0.2) is 0 Å². The van der Waals surface area contributed by atoms with E-state index in [1.165, 1.54) is 25.7 Å². The Balaban J connectivity index is 1.83. The van der Waals surface area contributed by atoms with Gasteiger partial charge in [-0.25, -0.2) is 0 Å². The standard InChI is InChI=1S/C13H25N/c1-12(2)11(13(12,3)4)10(14)8-7-9-5-6-9/h9-11H,5-8,14H2,1-4H3. The molecule has 1 atom stereocenters. The van der Waals surface area contributed by atoms with Gasteiger partial charge in [0.05, 0.1) is 0 Å². The van der Waals surface area contributed by atoms with Crippen LogP contribution < -0.4 is 5.73 Å². The average molecular weight is 195 g/mol. The van der Waals surface area contributed by atoms with E-state index >= 15 is 0 Å². The number of hydrogen-bond donors (Lipinski definition) is 1. The maximum atomic E-state index is 6.31. The lowest BCUT2D eigenvalue weighted by atomic mass is 9.99. The Kier molecular flexibility index (Phi) is 2.23. The van der Waals surface area contributed by atoms with Gasteiger partial charge in [0.2, 0.25) is 0 Å². The summed E-state index contributed by atoms with van der Waals surface area (Å²) in [5.74, 6) is 1.78. The van der Waals surface area contributed by atoms with Crippen LogP contribution in [0, 0.1) is 22.7 Å². The van der Waals surface area contributed by atoms with E-state index in [0.29, 0.717) is 16.9 Å². The molecule has 82 valence electrons. The summed E-state index contributed by atoms with van der Waals surface area (Å²) in [4.78, 5) is 0. The Morgan fingerprint density at radius 1 is 1.14 bits per heavy atom. The first-order valence-electron chi connectivity index (χ1n) is 6.13. The molecule has 2 fully saturated rings. The van der Waals surface area contributed by atoms with E-state index in [9.17, 15) is 0 Å². The van der Waals surface area contributed by atoms with Crippen LogP contribution in [0.5, 0.6) is 0 Å². The fraction of sp³-hybridized carbons (Fsp3) is 1.00. The lowest BCUT2D eigenvalue weighted by Crippen LogP contribution is -2.25. The molecule has 0 aliphatic heterocycles. The molecule has 1 unspecified atom stereocenters. The summed E-state index contributed by atoms with van der Waals surface area (Å²) in [6, 6.07) is 0.445. The molecule has 2 saturated carbocycles. The zero-order chi connectivity index (χ0) is 10.6. The van der Waals surface area contributed by atoms with Gasteiger partial charge in [0.1, 0.15) is 0 Å². The summed E-state index contributed by atoms with van der Waals surface area (Å²) >= 11 is 0. The monoisotopic (exact) mass is 195 g/mol. The first-order valence-corrected chi connectivity index (χ1v) is 6.13. The molecular weight excluding hydrogens is 170 g/mol. The van der Waals surface area contributed by atoms with Crippen LogP contribution in [-0.2, 0) is 0 Å². The van der Waals surface area contributed by atoms with Gasteiger partial charge in [0.25, 0.3) is 0 Å². The molecule has 1 nitrogen and oxygen atoms in total. The molecule has 14 heavy (non-hydrogen) atoms. The van der Waals surface area contributed by atoms with Crippen molar-refractivity contribution in [3.63, 3.8) is 0 Å². The Morgan fingerprint density at radius 3 is 2.00 bits per heavy atom. The zero-order valence-corrected chi connectivity index (χ0v) is 10.1. The molecule has 0 spiro atoms. The van der Waals surface area contributed by atoms with Crippen LogP contribution >= 0.6 is 0 Å². The quantitative estimate of drug-likeness (QED) is 0.732. The van der Waals surface area contributed by atoms with Gasteiger partial charge in [-0.2, -0.15) is 0 Å². The molecule has 1 heteroatoms. The lowest BCUT2D eigenvalue weighted by Gasteiger charge is -2.13. The Hall–Kier alpha value is -0.0400. The molecule has 0 aromatic carbocycles. The molecule has 0 amide bonds. The fourth-order valence-corrected chi connectivity index (χ4v) is 3.32. The third-order valence-electron chi connectivity index (χ3n) is 5.17. The number of rotatable bonds is 4. The van der Waals surface area contributed by atoms with E-state index in [1.54, 1.807) is 0 Å². The van der Waals surface area contributed by atoms with E-state index < -0.39 is 0 Å². The minimum Gasteiger partial charge on any atom is -0.327 e. The SMILES string of the molecule is CC1(C)C(C(N)CCC2CC2)C1(C)C. The van der Waals surface area contributed by atoms with Crippen molar-refractivity contribution in [2.24, 2.45) is 28.4 Å². The minimum atomic E-state index is 0.445. The summed E-state index contributed by atoms with van der Waals surface area (Å²) in [6.07, 6.45) is 5.56. The van der Waals surface area contributed by atoms with Gasteiger partial charge in [-0.3, -0.25) is 0 Å². The number of nitrogens with two attached hydrogens (primary N) is 1. The van der Waals surface area contributed by atoms with Gasteiger partial charge < -0.3 is 5.73 Å². The lowest BCUT2D eigenvalue weighted by molar-refractivity contribution is 0.436. The molecule has 0 heterocycles. The van der Waals surface area contributed by atoms with Gasteiger partial charge in [-0.05, 0) is 35.5 Å². The predicted molar refractivity (Wildman–Crippen MR) is 61.0 cm³/mol. The average Bonchev–Trinajstić information content (AvgIpc) is 2.88. The van der Waals surface area contributed by atoms with E-state index in [4.69, 9.17) is 5.73 Å². The zero-order valence-electron chi connectivity index (χ0n) is 10.1. The topological polar surface area (TPSA) is 26.0 Å². The van der Waals surface area contributed by atoms with Gasteiger partial charge in [-0.1, -0.05) is 40.5 Å². The van der Waals surface area contributed by atoms with Crippen LogP contribution in [0.2, 0.25) is 0 Å². The van der Waals surface area contributed by atoms with Crippen molar-refractivity contribution in [2.75, 3.05) is 0 Å². The maximum Gasteiger partial charge on any atom is 0.00778 e. The molecule has 2 N–H and O–H groups in total. The van der Waals surface area contributed by atoms with Crippen molar-refractivity contribution in [1.82, 2.24) is 0 Å². The highest BCUT2D eigenvalue weighted by molar-refractivity contribution is 5.15. The smallest absolute Gasteiger partial charge is 0.00778 e. The Morgan fingerprint density at radius 2 is 1.64 bits per heavy atom. The molecule has 0 aromatic heterocycles. The van der Waals surface area contributed by atoms with Crippen LogP contribution in [0.15, 0.2) is 0 Å². The van der Waals surface area contributed by atoms with Crippen LogP contribution in [0.25, 0.3) is 0 Å². The third kappa shape index (κ3) is 1.50. The van der Waals surface area contributed by atoms with Crippen LogP contribution in [0.3, 0.4) is 0 Å². The normalized spacial score (nSPS) is 31.5. The second-order valence-corrected chi connectivity index (χ2v) is 6.61. The molecule has 0 bridgehead atoms. The summed E-state index contributed by atoms with van der Waals surface area (Å²) in [5.41, 5.74) is 7.24. The highest BCUT2D eigenvalue weighted by atomic mass is 14.8. The summed E-state index contributed by atoms with van der Waals surface area (Å²) in [5, 5.41) is 0. The molecule has 0 saturated heterocycles. The molecule has 0 aromatic rings. The van der Waals surface area contributed by atoms with Crippen molar-refractivity contribution >= 4 is 0 Å². The van der Waals surface area contributed by atoms with Crippen molar-refractivity contribution in [2.45, 2.75) is 59.4 Å². The van der Waals surface area contributed by atoms with E-state index in [1.807, 2.05) is 0 Å². The van der Waals surface area contributed by atoms with Crippen molar-refractivity contribution < 1.29 is 0 Å². The first kappa shape index (κ1) is 10.5. The van der Waals surface area contributed by atoms with Crippen molar-refractivity contribution in [3.8, 4) is 0 Å². The van der Waals surface area contributed by atoms with Crippen molar-refractivity contribution in [1.29, 1.82) is 0 Å². The predicted octanol–water partition coefficient (Wildman–Crippen LogP) is 3.19. The second kappa shape index (κ2) is 2.98. The van der Waals surface area contributed by atoms with Gasteiger partial charge in [0, 0.05) is 6.04 Å². The van der Waals surface area contributed by atoms with E-state index in [0.717, 1.165) is 11.8 Å². The summed E-state index contributed by atoms with van der Waals surface area (Å²) in [6.45, 7) is 9.48. The minimum absolute atomic E-state index is 0.445. The van der Waals surface area contributed by atoms with E-state index in [-0.39, 0.29) is 0 Å². The van der Waals surface area contributed by atoms with Crippen LogP contribution in [-0.4, -0.2) is 6.04 Å². The summed E-state index contributed by atoms with van der Waals surface area (Å²) in [7, 11) is 0. The van der Waals surface area contributed by atoms with Crippen LogP contribution in [0.4, 0.5) is 0 Å². The van der Waals surface area contributed by atoms with Gasteiger partial charge >= 0.3 is 0 Å². The van der Waals surface area contributed by atoms with Crippen LogP contribution in [0.1, 0.15) is 53.4 Å². The summed E-state index contributed by atoms with van der Waals surface area (Å²) < 4.78 is 0.